The van der Waals surface area contributed by atoms with E-state index in [-0.39, 0.29) is 11.8 Å². The first-order valence-electron chi connectivity index (χ1n) is 5.45. The van der Waals surface area contributed by atoms with Gasteiger partial charge in [0.05, 0.1) is 5.60 Å². The maximum absolute atomic E-state index is 11.6. The van der Waals surface area contributed by atoms with Gasteiger partial charge in [-0.3, -0.25) is 4.79 Å². The van der Waals surface area contributed by atoms with E-state index < -0.39 is 5.60 Å². The summed E-state index contributed by atoms with van der Waals surface area (Å²) in [7, 11) is 0. The van der Waals surface area contributed by atoms with E-state index in [4.69, 9.17) is 0 Å². The molecule has 0 aromatic rings. The first kappa shape index (κ1) is 12.8. The first-order chi connectivity index (χ1) is 6.96. The molecule has 1 aliphatic carbocycles. The second-order valence-corrected chi connectivity index (χ2v) is 5.64. The van der Waals surface area contributed by atoms with E-state index >= 15 is 0 Å². The van der Waals surface area contributed by atoms with Gasteiger partial charge in [0.25, 0.3) is 0 Å². The van der Waals surface area contributed by atoms with Crippen LogP contribution in [0, 0.1) is 11.8 Å². The molecule has 0 aromatic carbocycles. The van der Waals surface area contributed by atoms with Crippen LogP contribution in [0.2, 0.25) is 0 Å². The average Bonchev–Trinajstić information content (AvgIpc) is 2.96. The minimum Gasteiger partial charge on any atom is -0.387 e. The van der Waals surface area contributed by atoms with Gasteiger partial charge < -0.3 is 10.4 Å². The fraction of sp³-hybridized carbons (Fsp3) is 0.909. The number of rotatable bonds is 6. The minimum atomic E-state index is -0.793. The van der Waals surface area contributed by atoms with Crippen LogP contribution in [0.3, 0.4) is 0 Å². The molecule has 0 heterocycles. The molecule has 3 nitrogen and oxygen atoms in total. The Labute approximate surface area is 96.0 Å². The number of nitrogens with one attached hydrogen (secondary N) is 1. The third-order valence-corrected chi connectivity index (χ3v) is 3.75. The first-order valence-corrected chi connectivity index (χ1v) is 6.85. The van der Waals surface area contributed by atoms with Gasteiger partial charge in [0.15, 0.2) is 0 Å². The summed E-state index contributed by atoms with van der Waals surface area (Å²) >= 11 is 1.59. The van der Waals surface area contributed by atoms with E-state index in [0.717, 1.165) is 0 Å². The summed E-state index contributed by atoms with van der Waals surface area (Å²) in [5, 5.41) is 12.7. The number of carbonyl (C=O) groups excluding carboxylic acids is 1. The molecule has 0 spiro atoms. The summed E-state index contributed by atoms with van der Waals surface area (Å²) in [4.78, 5) is 11.6. The van der Waals surface area contributed by atoms with Crippen molar-refractivity contribution < 1.29 is 9.90 Å². The van der Waals surface area contributed by atoms with E-state index in [1.165, 1.54) is 12.8 Å². The second-order valence-electron chi connectivity index (χ2n) is 4.77. The van der Waals surface area contributed by atoms with Crippen LogP contribution < -0.4 is 5.32 Å². The molecule has 0 aliphatic heterocycles. The third kappa shape index (κ3) is 4.43. The fourth-order valence-electron chi connectivity index (χ4n) is 1.61. The third-order valence-electron chi connectivity index (χ3n) is 2.84. The molecule has 0 aromatic heterocycles. The van der Waals surface area contributed by atoms with Crippen molar-refractivity contribution in [3.8, 4) is 0 Å². The topological polar surface area (TPSA) is 49.3 Å². The lowest BCUT2D eigenvalue weighted by atomic mass is 10.0. The molecule has 2 N–H and O–H groups in total. The standard InChI is InChI=1S/C11H21NO2S/c1-8(9-4-5-9)10(13)12-6-11(2,14)7-15-3/h8-9,14H,4-7H2,1-3H3,(H,12,13). The summed E-state index contributed by atoms with van der Waals surface area (Å²) in [6.07, 6.45) is 4.30. The molecule has 2 atom stereocenters. The van der Waals surface area contributed by atoms with Crippen molar-refractivity contribution in [2.75, 3.05) is 18.6 Å². The molecule has 4 heteroatoms. The van der Waals surface area contributed by atoms with Gasteiger partial charge in [0.2, 0.25) is 5.91 Å². The van der Waals surface area contributed by atoms with E-state index in [1.807, 2.05) is 13.2 Å². The summed E-state index contributed by atoms with van der Waals surface area (Å²) in [6.45, 7) is 4.07. The normalized spacial score (nSPS) is 21.9. The fourth-order valence-corrected chi connectivity index (χ4v) is 2.33. The Bertz CT molecular complexity index is 227. The molecule has 2 unspecified atom stereocenters. The van der Waals surface area contributed by atoms with Gasteiger partial charge in [0, 0.05) is 18.2 Å². The molecule has 1 saturated carbocycles. The maximum atomic E-state index is 11.6. The molecule has 0 radical (unpaired) electrons. The van der Waals surface area contributed by atoms with E-state index in [9.17, 15) is 9.90 Å². The van der Waals surface area contributed by atoms with Crippen LogP contribution in [-0.4, -0.2) is 35.2 Å². The lowest BCUT2D eigenvalue weighted by molar-refractivity contribution is -0.126. The van der Waals surface area contributed by atoms with Crippen molar-refractivity contribution in [2.45, 2.75) is 32.3 Å². The van der Waals surface area contributed by atoms with Crippen LogP contribution >= 0.6 is 11.8 Å². The maximum Gasteiger partial charge on any atom is 0.223 e. The van der Waals surface area contributed by atoms with E-state index in [0.29, 0.717) is 18.2 Å². The van der Waals surface area contributed by atoms with E-state index in [2.05, 4.69) is 5.32 Å². The number of thioether (sulfide) groups is 1. The van der Waals surface area contributed by atoms with E-state index in [1.54, 1.807) is 18.7 Å². The van der Waals surface area contributed by atoms with Crippen molar-refractivity contribution in [2.24, 2.45) is 11.8 Å². The molecular weight excluding hydrogens is 210 g/mol. The zero-order valence-corrected chi connectivity index (χ0v) is 10.6. The lowest BCUT2D eigenvalue weighted by Crippen LogP contribution is -2.44. The average molecular weight is 231 g/mol. The van der Waals surface area contributed by atoms with Gasteiger partial charge in [0.1, 0.15) is 0 Å². The highest BCUT2D eigenvalue weighted by atomic mass is 32.2. The number of aliphatic hydroxyl groups is 1. The molecule has 15 heavy (non-hydrogen) atoms. The van der Waals surface area contributed by atoms with Crippen LogP contribution in [-0.2, 0) is 4.79 Å². The van der Waals surface area contributed by atoms with Crippen LogP contribution in [0.15, 0.2) is 0 Å². The second kappa shape index (κ2) is 5.21. The Morgan fingerprint density at radius 2 is 2.27 bits per heavy atom. The number of amides is 1. The molecule has 0 bridgehead atoms. The largest absolute Gasteiger partial charge is 0.387 e. The molecule has 0 saturated heterocycles. The molecule has 1 amide bonds. The number of carbonyl (C=O) groups is 1. The summed E-state index contributed by atoms with van der Waals surface area (Å²) in [6, 6.07) is 0. The summed E-state index contributed by atoms with van der Waals surface area (Å²) in [5.41, 5.74) is -0.793. The van der Waals surface area contributed by atoms with Crippen molar-refractivity contribution in [3.05, 3.63) is 0 Å². The molecule has 1 rings (SSSR count). The highest BCUT2D eigenvalue weighted by Crippen LogP contribution is 2.36. The predicted octanol–water partition coefficient (Wildman–Crippen LogP) is 1.26. The molecule has 1 fully saturated rings. The zero-order valence-electron chi connectivity index (χ0n) is 9.75. The Balaban J connectivity index is 2.26. The highest BCUT2D eigenvalue weighted by molar-refractivity contribution is 7.98. The van der Waals surface area contributed by atoms with Crippen LogP contribution in [0.5, 0.6) is 0 Å². The molecule has 1 aliphatic rings. The number of hydrogen-bond donors (Lipinski definition) is 2. The Kier molecular flexibility index (Phi) is 4.46. The van der Waals surface area contributed by atoms with Crippen LogP contribution in [0.25, 0.3) is 0 Å². The van der Waals surface area contributed by atoms with Gasteiger partial charge in [-0.1, -0.05) is 6.92 Å². The minimum absolute atomic E-state index is 0.0823. The van der Waals surface area contributed by atoms with Gasteiger partial charge >= 0.3 is 0 Å². The van der Waals surface area contributed by atoms with Gasteiger partial charge in [-0.05, 0) is 31.9 Å². The van der Waals surface area contributed by atoms with Gasteiger partial charge in [-0.15, -0.1) is 0 Å². The van der Waals surface area contributed by atoms with Crippen molar-refractivity contribution in [1.82, 2.24) is 5.32 Å². The van der Waals surface area contributed by atoms with Crippen molar-refractivity contribution >= 4 is 17.7 Å². The predicted molar refractivity (Wildman–Crippen MR) is 63.9 cm³/mol. The zero-order chi connectivity index (χ0) is 11.5. The number of hydrogen-bond acceptors (Lipinski definition) is 3. The molecule has 88 valence electrons. The monoisotopic (exact) mass is 231 g/mol. The smallest absolute Gasteiger partial charge is 0.223 e. The quantitative estimate of drug-likeness (QED) is 0.723. The van der Waals surface area contributed by atoms with Gasteiger partial charge in [-0.2, -0.15) is 11.8 Å². The Morgan fingerprint density at radius 1 is 1.67 bits per heavy atom. The van der Waals surface area contributed by atoms with Gasteiger partial charge in [-0.25, -0.2) is 0 Å². The SMILES string of the molecule is CSCC(C)(O)CNC(=O)C(C)C1CC1. The summed E-state index contributed by atoms with van der Waals surface area (Å²) < 4.78 is 0. The Morgan fingerprint density at radius 3 is 2.73 bits per heavy atom. The highest BCUT2D eigenvalue weighted by Gasteiger charge is 2.33. The lowest BCUT2D eigenvalue weighted by Gasteiger charge is -2.23. The molecular formula is C11H21NO2S. The van der Waals surface area contributed by atoms with Crippen molar-refractivity contribution in [3.63, 3.8) is 0 Å². The van der Waals surface area contributed by atoms with Crippen LogP contribution in [0.1, 0.15) is 26.7 Å². The Hall–Kier alpha value is -0.220. The van der Waals surface area contributed by atoms with Crippen LogP contribution in [0.4, 0.5) is 0 Å². The van der Waals surface area contributed by atoms with Crippen molar-refractivity contribution in [1.29, 1.82) is 0 Å². The summed E-state index contributed by atoms with van der Waals surface area (Å²) in [5.74, 6) is 1.41.